The van der Waals surface area contributed by atoms with Crippen molar-refractivity contribution in [3.63, 3.8) is 0 Å². The minimum absolute atomic E-state index is 0.256. The first-order valence-corrected chi connectivity index (χ1v) is 3.13. The van der Waals surface area contributed by atoms with Gasteiger partial charge in [0.15, 0.2) is 0 Å². The molecule has 1 rings (SSSR count). The zero-order valence-corrected chi connectivity index (χ0v) is 6.02. The van der Waals surface area contributed by atoms with Crippen LogP contribution in [0.5, 0.6) is 0 Å². The van der Waals surface area contributed by atoms with Gasteiger partial charge < -0.3 is 0 Å². The van der Waals surface area contributed by atoms with Crippen molar-refractivity contribution < 1.29 is 9.18 Å². The summed E-state index contributed by atoms with van der Waals surface area (Å²) < 4.78 is 12.4. The van der Waals surface area contributed by atoms with Crippen LogP contribution >= 0.6 is 0 Å². The van der Waals surface area contributed by atoms with E-state index in [0.29, 0.717) is 5.56 Å². The highest BCUT2D eigenvalue weighted by molar-refractivity contribution is 5.93. The second kappa shape index (κ2) is 2.70. The van der Waals surface area contributed by atoms with E-state index in [9.17, 15) is 9.18 Å². The number of hydrogen-bond acceptors (Lipinski definition) is 1. The molecule has 1 aromatic rings. The highest BCUT2D eigenvalue weighted by atomic mass is 19.1. The summed E-state index contributed by atoms with van der Waals surface area (Å²) in [7, 11) is 0. The topological polar surface area (TPSA) is 40.9 Å². The Balaban J connectivity index is 3.20. The monoisotopic (exact) mass is 152 g/mol. The van der Waals surface area contributed by atoms with E-state index in [-0.39, 0.29) is 11.4 Å². The number of nitrogens with one attached hydrogen (secondary N) is 1. The molecule has 0 fully saturated rings. The van der Waals surface area contributed by atoms with E-state index in [1.807, 2.05) is 0 Å². The maximum Gasteiger partial charge on any atom is 0.269 e. The van der Waals surface area contributed by atoms with Gasteiger partial charge in [-0.1, -0.05) is 0 Å². The number of rotatable bonds is 1. The van der Waals surface area contributed by atoms with Gasteiger partial charge in [0.2, 0.25) is 0 Å². The van der Waals surface area contributed by atoms with Crippen LogP contribution in [0.3, 0.4) is 0 Å². The van der Waals surface area contributed by atoms with Crippen LogP contribution in [0.15, 0.2) is 18.2 Å². The lowest BCUT2D eigenvalue weighted by Gasteiger charge is -1.98. The Bertz CT molecular complexity index is 296. The molecule has 0 atom stereocenters. The molecule has 1 aromatic carbocycles. The van der Waals surface area contributed by atoms with E-state index in [1.165, 1.54) is 18.2 Å². The van der Waals surface area contributed by atoms with Crippen molar-refractivity contribution in [2.75, 3.05) is 0 Å². The van der Waals surface area contributed by atoms with Gasteiger partial charge in [-0.25, -0.2) is 4.39 Å². The summed E-state index contributed by atoms with van der Waals surface area (Å²) in [6, 6.07) is 3.73. The van der Waals surface area contributed by atoms with Gasteiger partial charge in [0.05, 0.1) is 0 Å². The van der Waals surface area contributed by atoms with Gasteiger partial charge in [-0.3, -0.25) is 10.5 Å². The zero-order valence-electron chi connectivity index (χ0n) is 6.02. The summed E-state index contributed by atoms with van der Waals surface area (Å²) in [4.78, 5) is 10.5. The molecule has 0 spiro atoms. The Morgan fingerprint density at radius 2 is 2.18 bits per heavy atom. The van der Waals surface area contributed by atoms with E-state index < -0.39 is 5.91 Å². The lowest BCUT2D eigenvalue weighted by Crippen LogP contribution is -2.01. The molecule has 57 valence electrons. The number of carbonyl (C=O) groups is 1. The fourth-order valence-corrected chi connectivity index (χ4v) is 0.882. The first-order chi connectivity index (χ1) is 5.11. The maximum atomic E-state index is 12.4. The zero-order chi connectivity index (χ0) is 8.43. The fourth-order valence-electron chi connectivity index (χ4n) is 0.882. The molecular formula is C8H7FNO. The van der Waals surface area contributed by atoms with Crippen LogP contribution in [0.25, 0.3) is 0 Å². The molecule has 0 bridgehead atoms. The molecular weight excluding hydrogens is 145 g/mol. The molecule has 0 aliphatic rings. The third-order valence-corrected chi connectivity index (χ3v) is 1.43. The number of carbonyl (C=O) groups excluding carboxylic acids is 1. The van der Waals surface area contributed by atoms with Crippen molar-refractivity contribution in [1.82, 2.24) is 5.73 Å². The third kappa shape index (κ3) is 1.55. The largest absolute Gasteiger partial charge is 0.269 e. The minimum Gasteiger partial charge on any atom is -0.267 e. The Hall–Kier alpha value is -1.38. The van der Waals surface area contributed by atoms with Gasteiger partial charge in [-0.05, 0) is 30.7 Å². The van der Waals surface area contributed by atoms with Crippen LogP contribution in [-0.2, 0) is 0 Å². The van der Waals surface area contributed by atoms with Gasteiger partial charge in [-0.2, -0.15) is 0 Å². The van der Waals surface area contributed by atoms with Crippen LogP contribution in [0.1, 0.15) is 15.9 Å². The Kier molecular flexibility index (Phi) is 1.89. The summed E-state index contributed by atoms with van der Waals surface area (Å²) in [5, 5.41) is 0. The molecule has 0 saturated carbocycles. The molecule has 0 aliphatic heterocycles. The van der Waals surface area contributed by atoms with Crippen molar-refractivity contribution in [3.8, 4) is 0 Å². The Morgan fingerprint density at radius 1 is 1.55 bits per heavy atom. The summed E-state index contributed by atoms with van der Waals surface area (Å²) >= 11 is 0. The van der Waals surface area contributed by atoms with Crippen LogP contribution in [0, 0.1) is 12.7 Å². The van der Waals surface area contributed by atoms with Gasteiger partial charge in [0.1, 0.15) is 5.82 Å². The molecule has 1 N–H and O–H groups in total. The smallest absolute Gasteiger partial charge is 0.267 e. The predicted octanol–water partition coefficient (Wildman–Crippen LogP) is 1.56. The summed E-state index contributed by atoms with van der Waals surface area (Å²) in [6.07, 6.45) is 0. The van der Waals surface area contributed by atoms with Gasteiger partial charge in [0.25, 0.3) is 5.91 Å². The van der Waals surface area contributed by atoms with Crippen LogP contribution in [0.2, 0.25) is 0 Å². The van der Waals surface area contributed by atoms with Crippen molar-refractivity contribution >= 4 is 5.91 Å². The summed E-state index contributed by atoms with van der Waals surface area (Å²) in [5.41, 5.74) is 7.53. The maximum absolute atomic E-state index is 12.4. The van der Waals surface area contributed by atoms with Gasteiger partial charge >= 0.3 is 0 Å². The molecule has 1 radical (unpaired) electrons. The number of aryl methyl sites for hydroxylation is 1. The van der Waals surface area contributed by atoms with E-state index in [2.05, 4.69) is 0 Å². The number of benzene rings is 1. The summed E-state index contributed by atoms with van der Waals surface area (Å²) in [5.74, 6) is -1.16. The van der Waals surface area contributed by atoms with Crippen LogP contribution < -0.4 is 5.73 Å². The normalized spacial score (nSPS) is 9.64. The number of hydrogen-bond donors (Lipinski definition) is 0. The van der Waals surface area contributed by atoms with Crippen LogP contribution in [0.4, 0.5) is 4.39 Å². The second-order valence-electron chi connectivity index (χ2n) is 2.29. The molecule has 0 aliphatic carbocycles. The quantitative estimate of drug-likeness (QED) is 0.602. The van der Waals surface area contributed by atoms with E-state index >= 15 is 0 Å². The van der Waals surface area contributed by atoms with E-state index in [1.54, 1.807) is 6.92 Å². The standard InChI is InChI=1S/C8H7FNO/c1-5-4-6(9)2-3-7(5)8(10)11/h2-4,10H,1H3. The molecule has 0 saturated heterocycles. The molecule has 0 heterocycles. The summed E-state index contributed by atoms with van der Waals surface area (Å²) in [6.45, 7) is 1.60. The van der Waals surface area contributed by atoms with Crippen molar-refractivity contribution in [2.45, 2.75) is 6.92 Å². The fraction of sp³-hybridized carbons (Fsp3) is 0.125. The van der Waals surface area contributed by atoms with E-state index in [0.717, 1.165) is 0 Å². The third-order valence-electron chi connectivity index (χ3n) is 1.43. The minimum atomic E-state index is -0.775. The van der Waals surface area contributed by atoms with Crippen molar-refractivity contribution in [2.24, 2.45) is 0 Å². The van der Waals surface area contributed by atoms with E-state index in [4.69, 9.17) is 5.73 Å². The molecule has 11 heavy (non-hydrogen) atoms. The molecule has 3 heteroatoms. The van der Waals surface area contributed by atoms with Gasteiger partial charge in [0, 0.05) is 5.56 Å². The van der Waals surface area contributed by atoms with Crippen LogP contribution in [-0.4, -0.2) is 5.91 Å². The van der Waals surface area contributed by atoms with Crippen molar-refractivity contribution in [1.29, 1.82) is 0 Å². The highest BCUT2D eigenvalue weighted by Crippen LogP contribution is 2.08. The highest BCUT2D eigenvalue weighted by Gasteiger charge is 2.04. The predicted molar refractivity (Wildman–Crippen MR) is 38.6 cm³/mol. The first-order valence-electron chi connectivity index (χ1n) is 3.13. The number of halogens is 1. The SMILES string of the molecule is Cc1cc(F)ccc1C([NH])=O. The molecule has 2 nitrogen and oxygen atoms in total. The lowest BCUT2D eigenvalue weighted by atomic mass is 10.1. The van der Waals surface area contributed by atoms with Gasteiger partial charge in [-0.15, -0.1) is 0 Å². The lowest BCUT2D eigenvalue weighted by molar-refractivity contribution is 0.0991. The first kappa shape index (κ1) is 7.72. The molecule has 0 aromatic heterocycles. The molecule has 0 unspecified atom stereocenters. The Labute approximate surface area is 63.8 Å². The Morgan fingerprint density at radius 3 is 2.64 bits per heavy atom. The van der Waals surface area contributed by atoms with Crippen molar-refractivity contribution in [3.05, 3.63) is 35.1 Å². The second-order valence-corrected chi connectivity index (χ2v) is 2.29. The average Bonchev–Trinajstić information content (AvgIpc) is 1.85. The molecule has 1 amide bonds. The number of amides is 1. The average molecular weight is 152 g/mol.